The van der Waals surface area contributed by atoms with E-state index in [0.29, 0.717) is 0 Å². The molecular weight excluding hydrogens is 306 g/mol. The number of hydrogen-bond acceptors (Lipinski definition) is 1. The number of imidazole rings is 1. The zero-order valence-corrected chi connectivity index (χ0v) is 16.0. The maximum absolute atomic E-state index is 4.29. The minimum atomic E-state index is 0.863. The van der Waals surface area contributed by atoms with Crippen LogP contribution in [0.4, 0.5) is 0 Å². The molecule has 0 saturated carbocycles. The van der Waals surface area contributed by atoms with Crippen molar-refractivity contribution in [1.82, 2.24) is 9.55 Å². The Morgan fingerprint density at radius 2 is 2.16 bits per heavy atom. The Morgan fingerprint density at radius 3 is 2.80 bits per heavy atom. The summed E-state index contributed by atoms with van der Waals surface area (Å²) in [4.78, 5) is 4.29. The molecule has 1 aromatic rings. The van der Waals surface area contributed by atoms with E-state index in [0.717, 1.165) is 31.6 Å². The molecule has 1 aliphatic rings. The van der Waals surface area contributed by atoms with Crippen LogP contribution in [-0.4, -0.2) is 27.4 Å². The highest BCUT2D eigenvalue weighted by atomic mass is 15.0. The highest BCUT2D eigenvalue weighted by molar-refractivity contribution is 5.77. The van der Waals surface area contributed by atoms with Crippen LogP contribution in [0.1, 0.15) is 38.9 Å². The van der Waals surface area contributed by atoms with Crippen LogP contribution in [0.25, 0.3) is 0 Å². The quantitative estimate of drug-likeness (QED) is 0.284. The van der Waals surface area contributed by atoms with Gasteiger partial charge in [0.2, 0.25) is 0 Å². The maximum Gasteiger partial charge on any atom is 0.184 e. The molecule has 0 spiro atoms. The third-order valence-corrected chi connectivity index (χ3v) is 4.55. The number of nitrogens with zero attached hydrogens (tertiary/aromatic N) is 3. The van der Waals surface area contributed by atoms with Crippen molar-refractivity contribution in [3.05, 3.63) is 77.6 Å². The van der Waals surface area contributed by atoms with Crippen LogP contribution in [0, 0.1) is 6.92 Å². The summed E-state index contributed by atoms with van der Waals surface area (Å²) in [6.07, 6.45) is 19.9. The topological polar surface area (TPSA) is 20.8 Å². The van der Waals surface area contributed by atoms with Crippen LogP contribution >= 0.6 is 0 Å². The van der Waals surface area contributed by atoms with Crippen molar-refractivity contribution in [1.29, 1.82) is 0 Å². The van der Waals surface area contributed by atoms with Crippen molar-refractivity contribution in [3.8, 4) is 0 Å². The van der Waals surface area contributed by atoms with Crippen molar-refractivity contribution >= 4 is 6.21 Å². The lowest BCUT2D eigenvalue weighted by atomic mass is 10.1. The molecule has 1 heterocycles. The van der Waals surface area contributed by atoms with Crippen molar-refractivity contribution in [3.63, 3.8) is 0 Å². The molecule has 0 atom stereocenters. The number of rotatable bonds is 8. The zero-order valence-electron chi connectivity index (χ0n) is 16.0. The molecule has 0 radical (unpaired) electrons. The molecule has 0 saturated heterocycles. The Kier molecular flexibility index (Phi) is 6.93. The van der Waals surface area contributed by atoms with Crippen LogP contribution in [0.3, 0.4) is 0 Å². The minimum absolute atomic E-state index is 0.863. The second-order valence-electron chi connectivity index (χ2n) is 6.60. The molecule has 132 valence electrons. The average molecular weight is 337 g/mol. The van der Waals surface area contributed by atoms with E-state index < -0.39 is 0 Å². The number of allylic oxidation sites excluding steroid dienone is 8. The van der Waals surface area contributed by atoms with Crippen LogP contribution < -0.4 is 0 Å². The molecule has 1 aliphatic carbocycles. The van der Waals surface area contributed by atoms with Gasteiger partial charge in [0.05, 0.1) is 6.42 Å². The first-order chi connectivity index (χ1) is 12.0. The summed E-state index contributed by atoms with van der Waals surface area (Å²) >= 11 is 0. The summed E-state index contributed by atoms with van der Waals surface area (Å²) in [5.41, 5.74) is 5.38. The molecule has 0 unspecified atom stereocenters. The van der Waals surface area contributed by atoms with E-state index in [9.17, 15) is 0 Å². The predicted octanol–water partition coefficient (Wildman–Crippen LogP) is 4.98. The van der Waals surface area contributed by atoms with Crippen molar-refractivity contribution < 1.29 is 4.58 Å². The third-order valence-electron chi connectivity index (χ3n) is 4.55. The van der Waals surface area contributed by atoms with E-state index in [1.54, 1.807) is 0 Å². The molecule has 2 rings (SSSR count). The highest BCUT2D eigenvalue weighted by Crippen LogP contribution is 2.20. The molecule has 0 aliphatic heterocycles. The van der Waals surface area contributed by atoms with Crippen LogP contribution in [0.5, 0.6) is 0 Å². The molecule has 3 heteroatoms. The van der Waals surface area contributed by atoms with E-state index >= 15 is 0 Å². The summed E-state index contributed by atoms with van der Waals surface area (Å²) < 4.78 is 4.40. The molecule has 3 nitrogen and oxygen atoms in total. The third kappa shape index (κ3) is 5.56. The van der Waals surface area contributed by atoms with Gasteiger partial charge < -0.3 is 4.57 Å². The van der Waals surface area contributed by atoms with Gasteiger partial charge in [-0.3, -0.25) is 0 Å². The molecule has 0 aromatic carbocycles. The summed E-state index contributed by atoms with van der Waals surface area (Å²) in [5.74, 6) is 1.06. The molecular formula is C22H30N3+. The Bertz CT molecular complexity index is 767. The van der Waals surface area contributed by atoms with Gasteiger partial charge in [-0.15, -0.1) is 6.58 Å². The van der Waals surface area contributed by atoms with Crippen molar-refractivity contribution in [2.45, 2.75) is 46.6 Å². The molecule has 0 fully saturated rings. The average Bonchev–Trinajstić information content (AvgIpc) is 3.20. The van der Waals surface area contributed by atoms with E-state index in [4.69, 9.17) is 0 Å². The van der Waals surface area contributed by atoms with Gasteiger partial charge in [-0.1, -0.05) is 36.8 Å². The van der Waals surface area contributed by atoms with Crippen molar-refractivity contribution in [2.24, 2.45) is 0 Å². The van der Waals surface area contributed by atoms with E-state index in [1.807, 2.05) is 25.4 Å². The number of aryl methyl sites for hydroxylation is 1. The second-order valence-corrected chi connectivity index (χ2v) is 6.60. The van der Waals surface area contributed by atoms with Gasteiger partial charge >= 0.3 is 0 Å². The number of aromatic nitrogens is 2. The normalized spacial score (nSPS) is 16.1. The molecule has 0 bridgehead atoms. The van der Waals surface area contributed by atoms with Gasteiger partial charge in [0.25, 0.3) is 0 Å². The molecule has 25 heavy (non-hydrogen) atoms. The van der Waals surface area contributed by atoms with Gasteiger partial charge in [0, 0.05) is 37.0 Å². The number of hydrogen-bond donors (Lipinski definition) is 0. The molecule has 1 aromatic heterocycles. The summed E-state index contributed by atoms with van der Waals surface area (Å²) in [6, 6.07) is 0. The lowest BCUT2D eigenvalue weighted by Crippen LogP contribution is -2.08. The van der Waals surface area contributed by atoms with E-state index in [1.165, 1.54) is 22.4 Å². The largest absolute Gasteiger partial charge is 0.331 e. The van der Waals surface area contributed by atoms with Crippen LogP contribution in [-0.2, 0) is 6.54 Å². The van der Waals surface area contributed by atoms with Crippen LogP contribution in [0.2, 0.25) is 0 Å². The second kappa shape index (κ2) is 9.16. The van der Waals surface area contributed by atoms with Gasteiger partial charge in [0.15, 0.2) is 11.9 Å². The summed E-state index contributed by atoms with van der Waals surface area (Å²) in [7, 11) is 2.11. The molecule has 0 N–H and O–H groups in total. The van der Waals surface area contributed by atoms with Gasteiger partial charge in [-0.25, -0.2) is 9.56 Å². The van der Waals surface area contributed by atoms with Gasteiger partial charge in [-0.2, -0.15) is 0 Å². The molecule has 0 amide bonds. The summed E-state index contributed by atoms with van der Waals surface area (Å²) in [5, 5.41) is 0. The SMILES string of the molecule is C=CC/C(=C\C=C(\C)CC)[N+](C)=CC1=CC=C(Cn2ccnc2C)C1. The van der Waals surface area contributed by atoms with E-state index in [-0.39, 0.29) is 0 Å². The first kappa shape index (κ1) is 18.9. The van der Waals surface area contributed by atoms with Crippen molar-refractivity contribution in [2.75, 3.05) is 7.05 Å². The first-order valence-electron chi connectivity index (χ1n) is 8.94. The van der Waals surface area contributed by atoms with E-state index in [2.05, 4.69) is 72.1 Å². The predicted molar refractivity (Wildman–Crippen MR) is 107 cm³/mol. The first-order valence-corrected chi connectivity index (χ1v) is 8.94. The summed E-state index contributed by atoms with van der Waals surface area (Å²) in [6.45, 7) is 11.2. The smallest absolute Gasteiger partial charge is 0.184 e. The van der Waals surface area contributed by atoms with Gasteiger partial charge in [-0.05, 0) is 25.8 Å². The Balaban J connectivity index is 2.04. The zero-order chi connectivity index (χ0) is 18.2. The standard InChI is InChI=1S/C22H30N3/c1-6-8-22(12-9-18(3)7-2)24(5)16-20-10-11-21(15-20)17-25-14-13-23-19(25)4/h6,9-14,16H,1,7-8,15,17H2,2-5H3/q+1/b18-9-,22-12+,24-16?. The fraction of sp³-hybridized carbons (Fsp3) is 0.364. The van der Waals surface area contributed by atoms with Gasteiger partial charge in [0.1, 0.15) is 12.9 Å². The lowest BCUT2D eigenvalue weighted by Gasteiger charge is -2.06. The maximum atomic E-state index is 4.29. The fourth-order valence-corrected chi connectivity index (χ4v) is 2.76. The van der Waals surface area contributed by atoms with Crippen LogP contribution in [0.15, 0.2) is 71.8 Å². The Morgan fingerprint density at radius 1 is 1.36 bits per heavy atom. The fourth-order valence-electron chi connectivity index (χ4n) is 2.76. The lowest BCUT2D eigenvalue weighted by molar-refractivity contribution is -0.440. The Labute approximate surface area is 152 Å². The highest BCUT2D eigenvalue weighted by Gasteiger charge is 2.13. The minimum Gasteiger partial charge on any atom is -0.331 e. The Hall–Kier alpha value is -2.42. The monoisotopic (exact) mass is 336 g/mol.